The van der Waals surface area contributed by atoms with E-state index < -0.39 is 0 Å². The summed E-state index contributed by atoms with van der Waals surface area (Å²) in [5, 5.41) is 3.11. The number of pyridine rings is 1. The van der Waals surface area contributed by atoms with Gasteiger partial charge in [-0.3, -0.25) is 18.9 Å². The molecule has 2 aromatic heterocycles. The minimum atomic E-state index is -0.343. The summed E-state index contributed by atoms with van der Waals surface area (Å²) in [7, 11) is 0. The molecule has 1 fully saturated rings. The lowest BCUT2D eigenvalue weighted by Crippen LogP contribution is -2.27. The first-order valence-corrected chi connectivity index (χ1v) is 10.9. The van der Waals surface area contributed by atoms with Gasteiger partial charge < -0.3 is 5.32 Å². The number of thioether (sulfide) groups is 1. The van der Waals surface area contributed by atoms with E-state index in [9.17, 15) is 14.0 Å². The Kier molecular flexibility index (Phi) is 5.88. The monoisotopic (exact) mass is 454 g/mol. The third-order valence-electron chi connectivity index (χ3n) is 4.75. The summed E-state index contributed by atoms with van der Waals surface area (Å²) in [6, 6.07) is 9.58. The van der Waals surface area contributed by atoms with Gasteiger partial charge >= 0.3 is 0 Å². The molecule has 3 heterocycles. The molecule has 158 valence electrons. The first-order valence-electron chi connectivity index (χ1n) is 9.64. The molecule has 0 unspecified atom stereocenters. The van der Waals surface area contributed by atoms with Crippen molar-refractivity contribution in [1.82, 2.24) is 14.3 Å². The Hall–Kier alpha value is -3.04. The predicted octanol–water partition coefficient (Wildman–Crippen LogP) is 3.98. The number of hydrogen-bond donors (Lipinski definition) is 1. The molecule has 0 atom stereocenters. The highest BCUT2D eigenvalue weighted by molar-refractivity contribution is 8.26. The van der Waals surface area contributed by atoms with E-state index in [1.165, 1.54) is 21.4 Å². The van der Waals surface area contributed by atoms with Crippen molar-refractivity contribution in [3.8, 4) is 0 Å². The zero-order valence-electron chi connectivity index (χ0n) is 16.9. The highest BCUT2D eigenvalue weighted by Gasteiger charge is 2.32. The van der Waals surface area contributed by atoms with E-state index >= 15 is 0 Å². The number of carbonyl (C=O) groups is 1. The normalized spacial score (nSPS) is 15.3. The van der Waals surface area contributed by atoms with E-state index in [4.69, 9.17) is 12.2 Å². The van der Waals surface area contributed by atoms with Crippen LogP contribution in [0.4, 0.5) is 10.2 Å². The van der Waals surface area contributed by atoms with Gasteiger partial charge in [0.25, 0.3) is 11.5 Å². The smallest absolute Gasteiger partial charge is 0.267 e. The number of amides is 1. The van der Waals surface area contributed by atoms with Gasteiger partial charge in [-0.15, -0.1) is 0 Å². The SMILES string of the molecule is CCNc1nc2ccc(C)cn2c(=O)c1/C=C1/SC(=S)N(Cc2ccc(F)cc2)C1=O. The number of rotatable bonds is 5. The van der Waals surface area contributed by atoms with Crippen molar-refractivity contribution in [2.45, 2.75) is 20.4 Å². The maximum Gasteiger partial charge on any atom is 0.267 e. The second kappa shape index (κ2) is 8.60. The second-order valence-electron chi connectivity index (χ2n) is 7.04. The van der Waals surface area contributed by atoms with Crippen molar-refractivity contribution in [1.29, 1.82) is 0 Å². The second-order valence-corrected chi connectivity index (χ2v) is 8.71. The summed E-state index contributed by atoms with van der Waals surface area (Å²) in [5.74, 6) is -0.222. The number of nitrogens with zero attached hydrogens (tertiary/aromatic N) is 3. The number of benzene rings is 1. The van der Waals surface area contributed by atoms with Crippen molar-refractivity contribution in [2.24, 2.45) is 0 Å². The maximum absolute atomic E-state index is 13.2. The Morgan fingerprint density at radius 2 is 1.94 bits per heavy atom. The summed E-state index contributed by atoms with van der Waals surface area (Å²) in [4.78, 5) is 32.6. The van der Waals surface area contributed by atoms with Gasteiger partial charge in [-0.05, 0) is 49.2 Å². The van der Waals surface area contributed by atoms with Gasteiger partial charge in [-0.1, -0.05) is 42.2 Å². The fourth-order valence-corrected chi connectivity index (χ4v) is 4.47. The third kappa shape index (κ3) is 4.24. The van der Waals surface area contributed by atoms with Gasteiger partial charge in [0, 0.05) is 12.7 Å². The average molecular weight is 455 g/mol. The number of aryl methyl sites for hydroxylation is 1. The lowest BCUT2D eigenvalue weighted by atomic mass is 10.2. The van der Waals surface area contributed by atoms with Gasteiger partial charge in [-0.25, -0.2) is 9.37 Å². The standard InChI is InChI=1S/C22H19FN4O2S2/c1-3-24-19-16(20(28)26-11-13(2)4-9-18(26)25-19)10-17-21(29)27(22(30)31-17)12-14-5-7-15(23)8-6-14/h4-11,24H,3,12H2,1-2H3/b17-10+. The Labute approximate surface area is 187 Å². The zero-order chi connectivity index (χ0) is 22.1. The van der Waals surface area contributed by atoms with Gasteiger partial charge in [0.2, 0.25) is 0 Å². The highest BCUT2D eigenvalue weighted by atomic mass is 32.2. The van der Waals surface area contributed by atoms with Crippen LogP contribution < -0.4 is 10.9 Å². The fourth-order valence-electron chi connectivity index (χ4n) is 3.23. The first kappa shape index (κ1) is 21.2. The molecule has 0 aliphatic carbocycles. The van der Waals surface area contributed by atoms with Gasteiger partial charge in [0.1, 0.15) is 21.6 Å². The van der Waals surface area contributed by atoms with Crippen LogP contribution in [0.5, 0.6) is 0 Å². The molecular weight excluding hydrogens is 435 g/mol. The molecule has 6 nitrogen and oxygen atoms in total. The number of aromatic nitrogens is 2. The van der Waals surface area contributed by atoms with Gasteiger partial charge in [-0.2, -0.15) is 0 Å². The quantitative estimate of drug-likeness (QED) is 0.465. The molecule has 9 heteroatoms. The number of halogens is 1. The third-order valence-corrected chi connectivity index (χ3v) is 6.13. The van der Waals surface area contributed by atoms with Crippen molar-refractivity contribution < 1.29 is 9.18 Å². The molecular formula is C22H19FN4O2S2. The van der Waals surface area contributed by atoms with E-state index in [1.807, 2.05) is 19.9 Å². The van der Waals surface area contributed by atoms with Crippen molar-refractivity contribution in [2.75, 3.05) is 11.9 Å². The number of nitrogens with one attached hydrogen (secondary N) is 1. The molecule has 1 saturated heterocycles. The number of thiocarbonyl (C=S) groups is 1. The number of anilines is 1. The van der Waals surface area contributed by atoms with Crippen LogP contribution in [0.15, 0.2) is 52.3 Å². The Bertz CT molecular complexity index is 1290. The lowest BCUT2D eigenvalue weighted by Gasteiger charge is -2.14. The van der Waals surface area contributed by atoms with Crippen LogP contribution in [-0.4, -0.2) is 31.1 Å². The van der Waals surface area contributed by atoms with Crippen LogP contribution in [0.2, 0.25) is 0 Å². The summed E-state index contributed by atoms with van der Waals surface area (Å²) in [6.07, 6.45) is 3.27. The Balaban J connectivity index is 1.73. The maximum atomic E-state index is 13.2. The minimum Gasteiger partial charge on any atom is -0.370 e. The fraction of sp³-hybridized carbons (Fsp3) is 0.182. The minimum absolute atomic E-state index is 0.233. The van der Waals surface area contributed by atoms with E-state index in [0.717, 1.165) is 22.9 Å². The van der Waals surface area contributed by atoms with Crippen LogP contribution in [0.3, 0.4) is 0 Å². The molecule has 0 saturated carbocycles. The molecule has 1 aliphatic rings. The highest BCUT2D eigenvalue weighted by Crippen LogP contribution is 2.34. The van der Waals surface area contributed by atoms with Crippen LogP contribution in [0.1, 0.15) is 23.6 Å². The van der Waals surface area contributed by atoms with Crippen LogP contribution in [0, 0.1) is 12.7 Å². The van der Waals surface area contributed by atoms with E-state index in [2.05, 4.69) is 10.3 Å². The Morgan fingerprint density at radius 3 is 2.65 bits per heavy atom. The van der Waals surface area contributed by atoms with E-state index in [-0.39, 0.29) is 23.8 Å². The molecule has 0 radical (unpaired) electrons. The molecule has 3 aromatic rings. The molecule has 4 rings (SSSR count). The molecule has 0 spiro atoms. The van der Waals surface area contributed by atoms with Gasteiger partial charge in [0.15, 0.2) is 0 Å². The lowest BCUT2D eigenvalue weighted by molar-refractivity contribution is -0.122. The van der Waals surface area contributed by atoms with Crippen molar-refractivity contribution >= 4 is 51.7 Å². The van der Waals surface area contributed by atoms with Crippen molar-refractivity contribution in [3.05, 3.63) is 80.4 Å². The number of fused-ring (bicyclic) bond motifs is 1. The molecule has 31 heavy (non-hydrogen) atoms. The molecule has 0 bridgehead atoms. The Morgan fingerprint density at radius 1 is 1.19 bits per heavy atom. The molecule has 1 N–H and O–H groups in total. The van der Waals surface area contributed by atoms with Gasteiger partial charge in [0.05, 0.1) is 17.0 Å². The van der Waals surface area contributed by atoms with Crippen LogP contribution in [-0.2, 0) is 11.3 Å². The molecule has 1 aromatic carbocycles. The summed E-state index contributed by atoms with van der Waals surface area (Å²) in [5.41, 5.74) is 2.23. The predicted molar refractivity (Wildman–Crippen MR) is 125 cm³/mol. The van der Waals surface area contributed by atoms with Crippen molar-refractivity contribution in [3.63, 3.8) is 0 Å². The van der Waals surface area contributed by atoms with E-state index in [0.29, 0.717) is 32.8 Å². The largest absolute Gasteiger partial charge is 0.370 e. The number of carbonyl (C=O) groups excluding carboxylic acids is 1. The van der Waals surface area contributed by atoms with Crippen LogP contribution in [0.25, 0.3) is 11.7 Å². The summed E-state index contributed by atoms with van der Waals surface area (Å²) < 4.78 is 15.0. The zero-order valence-corrected chi connectivity index (χ0v) is 18.5. The molecule has 1 amide bonds. The average Bonchev–Trinajstić information content (AvgIpc) is 3.00. The number of hydrogen-bond acceptors (Lipinski definition) is 6. The topological polar surface area (TPSA) is 66.7 Å². The molecule has 1 aliphatic heterocycles. The summed E-state index contributed by atoms with van der Waals surface area (Å²) in [6.45, 7) is 4.60. The first-order chi connectivity index (χ1) is 14.9. The van der Waals surface area contributed by atoms with Crippen LogP contribution >= 0.6 is 24.0 Å². The summed E-state index contributed by atoms with van der Waals surface area (Å²) >= 11 is 6.52. The van der Waals surface area contributed by atoms with E-state index in [1.54, 1.807) is 30.5 Å².